The Morgan fingerprint density at radius 2 is 2.50 bits per heavy atom. The Morgan fingerprint density at radius 3 is 2.88 bits per heavy atom. The maximum absolute atomic E-state index is 4.76. The summed E-state index contributed by atoms with van der Waals surface area (Å²) in [4.78, 5) is 2.86. The van der Waals surface area contributed by atoms with Crippen molar-refractivity contribution in [2.45, 2.75) is 6.92 Å². The van der Waals surface area contributed by atoms with Crippen LogP contribution in [0, 0.1) is 17.6 Å². The van der Waals surface area contributed by atoms with E-state index < -0.39 is 0 Å². The summed E-state index contributed by atoms with van der Waals surface area (Å²) in [6.07, 6.45) is 1.86. The van der Waals surface area contributed by atoms with Crippen molar-refractivity contribution in [3.63, 3.8) is 0 Å². The average Bonchev–Trinajstić information content (AvgIpc) is 1.77. The minimum Gasteiger partial charge on any atom is -0.352 e. The summed E-state index contributed by atoms with van der Waals surface area (Å²) < 4.78 is 0.663. The number of aromatic amines is 1. The smallest absolute Gasteiger partial charge is 0.111 e. The number of hydrogen-bond acceptors (Lipinski definition) is 1. The van der Waals surface area contributed by atoms with Gasteiger partial charge in [-0.3, -0.25) is 0 Å². The van der Waals surface area contributed by atoms with Gasteiger partial charge in [-0.1, -0.05) is 12.2 Å². The lowest BCUT2D eigenvalue weighted by atomic mass is 10.3. The molecule has 1 rings (SSSR count). The van der Waals surface area contributed by atoms with Gasteiger partial charge in [-0.15, -0.1) is 0 Å². The summed E-state index contributed by atoms with van der Waals surface area (Å²) in [7, 11) is 0. The van der Waals surface area contributed by atoms with Crippen LogP contribution in [-0.4, -0.2) is 4.98 Å². The van der Waals surface area contributed by atoms with E-state index in [0.717, 1.165) is 5.56 Å². The second-order valence-corrected chi connectivity index (χ2v) is 2.06. The molecule has 0 atom stereocenters. The molecule has 1 nitrogen and oxygen atoms in total. The van der Waals surface area contributed by atoms with Crippen LogP contribution in [0.15, 0.2) is 12.3 Å². The largest absolute Gasteiger partial charge is 0.352 e. The molecule has 0 aromatic carbocycles. The zero-order chi connectivity index (χ0) is 5.98. The van der Waals surface area contributed by atoms with E-state index in [-0.39, 0.29) is 0 Å². The van der Waals surface area contributed by atoms with Crippen molar-refractivity contribution in [2.24, 2.45) is 0 Å². The molecule has 2 heteroatoms. The van der Waals surface area contributed by atoms with E-state index in [1.165, 1.54) is 0 Å². The Labute approximate surface area is 53.4 Å². The van der Waals surface area contributed by atoms with Gasteiger partial charge < -0.3 is 4.98 Å². The molecule has 0 bridgehead atoms. The van der Waals surface area contributed by atoms with Crippen LogP contribution in [0.5, 0.6) is 0 Å². The van der Waals surface area contributed by atoms with Crippen molar-refractivity contribution in [2.75, 3.05) is 0 Å². The molecule has 0 fully saturated rings. The summed E-state index contributed by atoms with van der Waals surface area (Å²) in [5, 5.41) is 0. The third-order valence-corrected chi connectivity index (χ3v) is 1.10. The molecular weight excluding hydrogens is 118 g/mol. The van der Waals surface area contributed by atoms with E-state index in [0.29, 0.717) is 4.64 Å². The van der Waals surface area contributed by atoms with Crippen LogP contribution >= 0.6 is 12.2 Å². The number of aromatic nitrogens is 1. The molecule has 0 aliphatic rings. The molecule has 0 aliphatic carbocycles. The SMILES string of the molecule is Cc1c[c]c(=S)[nH]c1. The molecule has 0 saturated carbocycles. The van der Waals surface area contributed by atoms with Crippen LogP contribution in [0.2, 0.25) is 0 Å². The highest BCUT2D eigenvalue weighted by Crippen LogP contribution is 1.90. The molecule has 0 spiro atoms. The average molecular weight is 124 g/mol. The predicted molar refractivity (Wildman–Crippen MR) is 35.2 cm³/mol. The molecule has 1 N–H and O–H groups in total. The zero-order valence-corrected chi connectivity index (χ0v) is 5.38. The monoisotopic (exact) mass is 124 g/mol. The first-order valence-corrected chi connectivity index (χ1v) is 2.77. The molecule has 41 valence electrons. The van der Waals surface area contributed by atoms with Crippen LogP contribution in [0.3, 0.4) is 0 Å². The van der Waals surface area contributed by atoms with E-state index in [4.69, 9.17) is 12.2 Å². The number of hydrogen-bond donors (Lipinski definition) is 1. The third-order valence-electron chi connectivity index (χ3n) is 0.862. The lowest BCUT2D eigenvalue weighted by Gasteiger charge is -1.85. The third kappa shape index (κ3) is 1.17. The van der Waals surface area contributed by atoms with Gasteiger partial charge in [0.15, 0.2) is 0 Å². The first-order chi connectivity index (χ1) is 3.79. The summed E-state index contributed by atoms with van der Waals surface area (Å²) >= 11 is 4.76. The quantitative estimate of drug-likeness (QED) is 0.522. The molecule has 0 amide bonds. The van der Waals surface area contributed by atoms with Gasteiger partial charge in [0, 0.05) is 12.3 Å². The van der Waals surface area contributed by atoms with Gasteiger partial charge in [0.1, 0.15) is 4.64 Å². The van der Waals surface area contributed by atoms with Crippen LogP contribution in [0.4, 0.5) is 0 Å². The summed E-state index contributed by atoms with van der Waals surface area (Å²) in [6, 6.07) is 4.72. The van der Waals surface area contributed by atoms with Crippen LogP contribution in [0.25, 0.3) is 0 Å². The molecule has 8 heavy (non-hydrogen) atoms. The van der Waals surface area contributed by atoms with E-state index in [1.807, 2.05) is 19.2 Å². The van der Waals surface area contributed by atoms with Crippen molar-refractivity contribution in [3.8, 4) is 0 Å². The highest BCUT2D eigenvalue weighted by molar-refractivity contribution is 7.71. The Hall–Kier alpha value is -0.630. The van der Waals surface area contributed by atoms with E-state index >= 15 is 0 Å². The molecule has 0 saturated heterocycles. The van der Waals surface area contributed by atoms with Crippen molar-refractivity contribution >= 4 is 12.2 Å². The van der Waals surface area contributed by atoms with Gasteiger partial charge in [-0.05, 0) is 18.6 Å². The number of pyridine rings is 1. The number of H-pyrrole nitrogens is 1. The van der Waals surface area contributed by atoms with Crippen molar-refractivity contribution < 1.29 is 0 Å². The topological polar surface area (TPSA) is 15.8 Å². The normalized spacial score (nSPS) is 9.12. The Kier molecular flexibility index (Phi) is 1.44. The van der Waals surface area contributed by atoms with Crippen molar-refractivity contribution in [3.05, 3.63) is 28.5 Å². The van der Waals surface area contributed by atoms with E-state index in [1.54, 1.807) is 0 Å². The summed E-state index contributed by atoms with van der Waals surface area (Å²) in [5.74, 6) is 0. The Morgan fingerprint density at radius 1 is 1.75 bits per heavy atom. The van der Waals surface area contributed by atoms with E-state index in [9.17, 15) is 0 Å². The fraction of sp³-hybridized carbons (Fsp3) is 0.167. The van der Waals surface area contributed by atoms with Crippen molar-refractivity contribution in [1.29, 1.82) is 0 Å². The van der Waals surface area contributed by atoms with Crippen LogP contribution in [0.1, 0.15) is 5.56 Å². The Balaban J connectivity index is 3.22. The maximum atomic E-state index is 4.76. The van der Waals surface area contributed by atoms with Crippen LogP contribution in [-0.2, 0) is 0 Å². The second-order valence-electron chi connectivity index (χ2n) is 1.65. The number of rotatable bonds is 0. The van der Waals surface area contributed by atoms with Gasteiger partial charge in [0.25, 0.3) is 0 Å². The lowest BCUT2D eigenvalue weighted by molar-refractivity contribution is 1.24. The van der Waals surface area contributed by atoms with Gasteiger partial charge in [0.05, 0.1) is 0 Å². The minimum atomic E-state index is 0.663. The summed E-state index contributed by atoms with van der Waals surface area (Å²) in [5.41, 5.74) is 1.15. The molecule has 1 aromatic heterocycles. The molecule has 1 aromatic rings. The number of aryl methyl sites for hydroxylation is 1. The predicted octanol–water partition coefficient (Wildman–Crippen LogP) is 1.85. The van der Waals surface area contributed by atoms with Gasteiger partial charge in [0.2, 0.25) is 0 Å². The Bertz CT molecular complexity index is 206. The van der Waals surface area contributed by atoms with E-state index in [2.05, 4.69) is 11.1 Å². The molecular formula is C6H6NS. The second kappa shape index (κ2) is 2.09. The van der Waals surface area contributed by atoms with Crippen molar-refractivity contribution in [1.82, 2.24) is 4.98 Å². The molecule has 1 radical (unpaired) electrons. The first-order valence-electron chi connectivity index (χ1n) is 2.36. The molecule has 1 heterocycles. The standard InChI is InChI=1S/C6H6NS/c1-5-2-3-6(8)7-4-5/h2,4H,1H3,(H,7,8). The molecule has 0 aliphatic heterocycles. The fourth-order valence-electron chi connectivity index (χ4n) is 0.442. The zero-order valence-electron chi connectivity index (χ0n) is 4.56. The molecule has 0 unspecified atom stereocenters. The van der Waals surface area contributed by atoms with Gasteiger partial charge in [-0.25, -0.2) is 0 Å². The summed E-state index contributed by atoms with van der Waals surface area (Å²) in [6.45, 7) is 1.99. The highest BCUT2D eigenvalue weighted by atomic mass is 32.1. The number of nitrogens with one attached hydrogen (secondary N) is 1. The van der Waals surface area contributed by atoms with Gasteiger partial charge in [-0.2, -0.15) is 0 Å². The lowest BCUT2D eigenvalue weighted by Crippen LogP contribution is -1.73. The van der Waals surface area contributed by atoms with Gasteiger partial charge >= 0.3 is 0 Å². The highest BCUT2D eigenvalue weighted by Gasteiger charge is 1.77. The first kappa shape index (κ1) is 5.51. The maximum Gasteiger partial charge on any atom is 0.111 e. The van der Waals surface area contributed by atoms with Crippen LogP contribution < -0.4 is 0 Å². The fourth-order valence-corrected chi connectivity index (χ4v) is 0.560. The minimum absolute atomic E-state index is 0.663.